The minimum atomic E-state index is 0.723. The molecule has 0 unspecified atom stereocenters. The molecular weight excluding hydrogens is 248 g/mol. The van der Waals surface area contributed by atoms with Gasteiger partial charge in [0.1, 0.15) is 11.5 Å². The number of nitrogens with zero attached hydrogens (tertiary/aromatic N) is 1. The lowest BCUT2D eigenvalue weighted by molar-refractivity contribution is 0.471. The average Bonchev–Trinajstić information content (AvgIpc) is 3.26. The van der Waals surface area contributed by atoms with Crippen LogP contribution in [0.5, 0.6) is 11.5 Å². The molecule has 104 valence electrons. The standard InChI is InChI=1S/C17H20N2O/c1-12-5-6-14(11-19-15-7-8-15)10-17(12)20-16-4-3-9-18-13(16)2/h3-6,9-10,15,19H,7-8,11H2,1-2H3. The van der Waals surface area contributed by atoms with E-state index in [-0.39, 0.29) is 0 Å². The molecule has 3 rings (SSSR count). The van der Waals surface area contributed by atoms with Gasteiger partial charge in [-0.25, -0.2) is 0 Å². The fourth-order valence-electron chi connectivity index (χ4n) is 2.11. The molecule has 1 aliphatic carbocycles. The van der Waals surface area contributed by atoms with Crippen LogP contribution in [0.15, 0.2) is 36.5 Å². The third kappa shape index (κ3) is 3.17. The summed E-state index contributed by atoms with van der Waals surface area (Å²) in [6.45, 7) is 4.94. The number of aryl methyl sites for hydroxylation is 2. The van der Waals surface area contributed by atoms with Crippen LogP contribution < -0.4 is 10.1 Å². The summed E-state index contributed by atoms with van der Waals surface area (Å²) in [6.07, 6.45) is 4.40. The minimum Gasteiger partial charge on any atom is -0.455 e. The zero-order valence-corrected chi connectivity index (χ0v) is 12.0. The van der Waals surface area contributed by atoms with Crippen molar-refractivity contribution in [3.05, 3.63) is 53.3 Å². The van der Waals surface area contributed by atoms with Crippen LogP contribution in [-0.2, 0) is 6.54 Å². The fraction of sp³-hybridized carbons (Fsp3) is 0.353. The lowest BCUT2D eigenvalue weighted by Crippen LogP contribution is -2.15. The van der Waals surface area contributed by atoms with E-state index < -0.39 is 0 Å². The number of rotatable bonds is 5. The molecule has 0 aliphatic heterocycles. The number of hydrogen-bond donors (Lipinski definition) is 1. The zero-order chi connectivity index (χ0) is 13.9. The van der Waals surface area contributed by atoms with Crippen LogP contribution >= 0.6 is 0 Å². The molecule has 3 heteroatoms. The maximum Gasteiger partial charge on any atom is 0.148 e. The molecule has 1 fully saturated rings. The number of ether oxygens (including phenoxy) is 1. The molecule has 0 atom stereocenters. The summed E-state index contributed by atoms with van der Waals surface area (Å²) in [5, 5.41) is 3.53. The van der Waals surface area contributed by atoms with E-state index in [4.69, 9.17) is 4.74 Å². The zero-order valence-electron chi connectivity index (χ0n) is 12.0. The first-order valence-electron chi connectivity index (χ1n) is 7.15. The number of aromatic nitrogens is 1. The van der Waals surface area contributed by atoms with E-state index in [1.165, 1.54) is 18.4 Å². The van der Waals surface area contributed by atoms with Crippen molar-refractivity contribution < 1.29 is 4.74 Å². The summed E-state index contributed by atoms with van der Waals surface area (Å²) in [7, 11) is 0. The smallest absolute Gasteiger partial charge is 0.148 e. The van der Waals surface area contributed by atoms with Crippen LogP contribution in [0.2, 0.25) is 0 Å². The Morgan fingerprint density at radius 2 is 2.05 bits per heavy atom. The molecule has 1 aromatic carbocycles. The maximum atomic E-state index is 6.01. The molecule has 1 heterocycles. The van der Waals surface area contributed by atoms with Crippen LogP contribution in [0.3, 0.4) is 0 Å². The topological polar surface area (TPSA) is 34.1 Å². The van der Waals surface area contributed by atoms with Crippen LogP contribution in [0.4, 0.5) is 0 Å². The van der Waals surface area contributed by atoms with E-state index >= 15 is 0 Å². The summed E-state index contributed by atoms with van der Waals surface area (Å²) in [4.78, 5) is 4.26. The van der Waals surface area contributed by atoms with Crippen molar-refractivity contribution in [3.63, 3.8) is 0 Å². The lowest BCUT2D eigenvalue weighted by Gasteiger charge is -2.12. The van der Waals surface area contributed by atoms with Crippen molar-refractivity contribution in [2.45, 2.75) is 39.3 Å². The summed E-state index contributed by atoms with van der Waals surface area (Å²) in [5.41, 5.74) is 3.32. The monoisotopic (exact) mass is 268 g/mol. The summed E-state index contributed by atoms with van der Waals surface area (Å²) in [6, 6.07) is 11.0. The Balaban J connectivity index is 1.77. The van der Waals surface area contributed by atoms with Gasteiger partial charge < -0.3 is 10.1 Å². The van der Waals surface area contributed by atoms with Gasteiger partial charge in [-0.1, -0.05) is 12.1 Å². The molecule has 0 radical (unpaired) electrons. The SMILES string of the molecule is Cc1ccc(CNC2CC2)cc1Oc1cccnc1C. The maximum absolute atomic E-state index is 6.01. The van der Waals surface area contributed by atoms with Gasteiger partial charge in [-0.15, -0.1) is 0 Å². The fourth-order valence-corrected chi connectivity index (χ4v) is 2.11. The molecule has 2 aromatic rings. The Labute approximate surface area is 120 Å². The normalized spacial score (nSPS) is 14.3. The van der Waals surface area contributed by atoms with Crippen molar-refractivity contribution in [2.24, 2.45) is 0 Å². The highest BCUT2D eigenvalue weighted by molar-refractivity contribution is 5.41. The average molecular weight is 268 g/mol. The predicted octanol–water partition coefficient (Wildman–Crippen LogP) is 3.74. The van der Waals surface area contributed by atoms with Crippen LogP contribution in [0.25, 0.3) is 0 Å². The predicted molar refractivity (Wildman–Crippen MR) is 80.1 cm³/mol. The van der Waals surface area contributed by atoms with E-state index in [9.17, 15) is 0 Å². The van der Waals surface area contributed by atoms with E-state index in [0.29, 0.717) is 0 Å². The summed E-state index contributed by atoms with van der Waals surface area (Å²) < 4.78 is 6.01. The van der Waals surface area contributed by atoms with Gasteiger partial charge in [-0.3, -0.25) is 4.98 Å². The van der Waals surface area contributed by atoms with Gasteiger partial charge in [0.2, 0.25) is 0 Å². The van der Waals surface area contributed by atoms with Crippen LogP contribution in [0.1, 0.15) is 29.7 Å². The quantitative estimate of drug-likeness (QED) is 0.897. The van der Waals surface area contributed by atoms with E-state index in [0.717, 1.165) is 35.3 Å². The second-order valence-corrected chi connectivity index (χ2v) is 5.44. The molecular formula is C17H20N2O. The Kier molecular flexibility index (Phi) is 3.70. The van der Waals surface area contributed by atoms with Gasteiger partial charge in [-0.05, 0) is 56.0 Å². The Hall–Kier alpha value is -1.87. The van der Waals surface area contributed by atoms with Gasteiger partial charge in [0, 0.05) is 18.8 Å². The Bertz CT molecular complexity index is 606. The molecule has 1 N–H and O–H groups in total. The van der Waals surface area contributed by atoms with Crippen molar-refractivity contribution in [3.8, 4) is 11.5 Å². The van der Waals surface area contributed by atoms with E-state index in [1.807, 2.05) is 19.1 Å². The molecule has 1 aromatic heterocycles. The molecule has 0 spiro atoms. The molecule has 0 saturated heterocycles. The number of hydrogen-bond acceptors (Lipinski definition) is 3. The summed E-state index contributed by atoms with van der Waals surface area (Å²) >= 11 is 0. The van der Waals surface area contributed by atoms with Crippen molar-refractivity contribution in [1.82, 2.24) is 10.3 Å². The number of benzene rings is 1. The molecule has 3 nitrogen and oxygen atoms in total. The highest BCUT2D eigenvalue weighted by Crippen LogP contribution is 2.28. The third-order valence-corrected chi connectivity index (χ3v) is 3.60. The van der Waals surface area contributed by atoms with Gasteiger partial charge in [0.05, 0.1) is 5.69 Å². The first kappa shape index (κ1) is 13.1. The van der Waals surface area contributed by atoms with Gasteiger partial charge >= 0.3 is 0 Å². The van der Waals surface area contributed by atoms with Crippen LogP contribution in [-0.4, -0.2) is 11.0 Å². The second-order valence-electron chi connectivity index (χ2n) is 5.44. The molecule has 1 saturated carbocycles. The highest BCUT2D eigenvalue weighted by Gasteiger charge is 2.20. The van der Waals surface area contributed by atoms with Crippen LogP contribution in [0, 0.1) is 13.8 Å². The summed E-state index contributed by atoms with van der Waals surface area (Å²) in [5.74, 6) is 1.74. The van der Waals surface area contributed by atoms with Crippen molar-refractivity contribution in [2.75, 3.05) is 0 Å². The first-order chi connectivity index (χ1) is 9.72. The Morgan fingerprint density at radius 3 is 2.80 bits per heavy atom. The largest absolute Gasteiger partial charge is 0.455 e. The number of nitrogens with one attached hydrogen (secondary N) is 1. The molecule has 20 heavy (non-hydrogen) atoms. The molecule has 1 aliphatic rings. The minimum absolute atomic E-state index is 0.723. The highest BCUT2D eigenvalue weighted by atomic mass is 16.5. The van der Waals surface area contributed by atoms with Gasteiger partial charge in [0.25, 0.3) is 0 Å². The van der Waals surface area contributed by atoms with E-state index in [2.05, 4.69) is 35.4 Å². The third-order valence-electron chi connectivity index (χ3n) is 3.60. The lowest BCUT2D eigenvalue weighted by atomic mass is 10.1. The van der Waals surface area contributed by atoms with Gasteiger partial charge in [0.15, 0.2) is 0 Å². The molecule has 0 amide bonds. The van der Waals surface area contributed by atoms with Crippen molar-refractivity contribution >= 4 is 0 Å². The second kappa shape index (κ2) is 5.63. The first-order valence-corrected chi connectivity index (χ1v) is 7.15. The van der Waals surface area contributed by atoms with Crippen molar-refractivity contribution in [1.29, 1.82) is 0 Å². The Morgan fingerprint density at radius 1 is 1.20 bits per heavy atom. The van der Waals surface area contributed by atoms with Gasteiger partial charge in [-0.2, -0.15) is 0 Å². The number of pyridine rings is 1. The van der Waals surface area contributed by atoms with E-state index in [1.54, 1.807) is 6.20 Å². The molecule has 0 bridgehead atoms.